The molecule has 1 aromatic heterocycles. The molecule has 0 bridgehead atoms. The van der Waals surface area contributed by atoms with E-state index in [0.717, 1.165) is 43.7 Å². The first-order valence-electron chi connectivity index (χ1n) is 8.71. The third-order valence-electron chi connectivity index (χ3n) is 4.78. The van der Waals surface area contributed by atoms with Crippen LogP contribution >= 0.6 is 0 Å². The monoisotopic (exact) mass is 336 g/mol. The van der Waals surface area contributed by atoms with Crippen LogP contribution in [0.4, 0.5) is 10.2 Å². The second-order valence-electron chi connectivity index (χ2n) is 6.56. The van der Waals surface area contributed by atoms with Gasteiger partial charge in [-0.1, -0.05) is 30.3 Å². The van der Waals surface area contributed by atoms with E-state index in [-0.39, 0.29) is 5.82 Å². The van der Waals surface area contributed by atoms with Crippen molar-refractivity contribution in [1.82, 2.24) is 14.9 Å². The minimum atomic E-state index is -0.272. The maximum atomic E-state index is 13.4. The lowest BCUT2D eigenvalue weighted by molar-refractivity contribution is 0.211. The number of halogens is 1. The summed E-state index contributed by atoms with van der Waals surface area (Å²) < 4.78 is 13.4. The zero-order chi connectivity index (χ0) is 17.1. The molecule has 0 radical (unpaired) electrons. The van der Waals surface area contributed by atoms with Crippen molar-refractivity contribution in [3.8, 4) is 0 Å². The number of benzene rings is 2. The molecule has 25 heavy (non-hydrogen) atoms. The molecule has 1 saturated heterocycles. The Morgan fingerprint density at radius 2 is 1.84 bits per heavy atom. The number of rotatable bonds is 4. The fourth-order valence-corrected chi connectivity index (χ4v) is 3.42. The van der Waals surface area contributed by atoms with Crippen molar-refractivity contribution in [2.45, 2.75) is 25.4 Å². The highest BCUT2D eigenvalue weighted by Gasteiger charge is 2.20. The van der Waals surface area contributed by atoms with Crippen molar-refractivity contribution < 1.29 is 4.39 Å². The van der Waals surface area contributed by atoms with E-state index < -0.39 is 0 Å². The Labute approximate surface area is 146 Å². The summed E-state index contributed by atoms with van der Waals surface area (Å²) in [5.74, 6) is 0.526. The summed E-state index contributed by atoms with van der Waals surface area (Å²) in [6.45, 7) is 3.12. The first-order valence-corrected chi connectivity index (χ1v) is 8.71. The number of anilines is 1. The van der Waals surface area contributed by atoms with E-state index in [0.29, 0.717) is 11.6 Å². The van der Waals surface area contributed by atoms with Crippen LogP contribution in [0.5, 0.6) is 0 Å². The summed E-state index contributed by atoms with van der Waals surface area (Å²) in [6, 6.07) is 15.6. The number of aromatic nitrogens is 2. The Hall–Kier alpha value is -2.53. The summed E-state index contributed by atoms with van der Waals surface area (Å²) in [5, 5.41) is 4.40. The molecule has 4 nitrogen and oxygen atoms in total. The molecule has 3 aromatic rings. The Kier molecular flexibility index (Phi) is 4.57. The summed E-state index contributed by atoms with van der Waals surface area (Å²) >= 11 is 0. The Balaban J connectivity index is 1.39. The van der Waals surface area contributed by atoms with Crippen LogP contribution in [0.25, 0.3) is 10.9 Å². The SMILES string of the molecule is Fc1ccc2c(NC3CCN(Cc4ccccc4)CC3)ncnc2c1. The third-order valence-corrected chi connectivity index (χ3v) is 4.78. The number of hydrogen-bond acceptors (Lipinski definition) is 4. The molecule has 5 heteroatoms. The van der Waals surface area contributed by atoms with E-state index in [9.17, 15) is 4.39 Å². The van der Waals surface area contributed by atoms with E-state index in [2.05, 4.69) is 50.5 Å². The first-order chi connectivity index (χ1) is 12.3. The summed E-state index contributed by atoms with van der Waals surface area (Å²) in [4.78, 5) is 11.0. The molecule has 128 valence electrons. The zero-order valence-corrected chi connectivity index (χ0v) is 14.0. The van der Waals surface area contributed by atoms with Gasteiger partial charge in [-0.25, -0.2) is 14.4 Å². The fourth-order valence-electron chi connectivity index (χ4n) is 3.42. The minimum absolute atomic E-state index is 0.272. The van der Waals surface area contributed by atoms with Gasteiger partial charge in [0.05, 0.1) is 5.52 Å². The summed E-state index contributed by atoms with van der Waals surface area (Å²) in [5.41, 5.74) is 2.00. The van der Waals surface area contributed by atoms with Gasteiger partial charge in [0, 0.05) is 37.1 Å². The number of nitrogens with zero attached hydrogens (tertiary/aromatic N) is 3. The van der Waals surface area contributed by atoms with Crippen molar-refractivity contribution in [2.75, 3.05) is 18.4 Å². The molecule has 1 fully saturated rings. The Morgan fingerprint density at radius 3 is 2.64 bits per heavy atom. The lowest BCUT2D eigenvalue weighted by atomic mass is 10.0. The quantitative estimate of drug-likeness (QED) is 0.786. The Bertz CT molecular complexity index is 845. The molecule has 0 saturated carbocycles. The van der Waals surface area contributed by atoms with Crippen LogP contribution in [0.1, 0.15) is 18.4 Å². The topological polar surface area (TPSA) is 41.0 Å². The maximum absolute atomic E-state index is 13.4. The maximum Gasteiger partial charge on any atom is 0.137 e. The molecule has 2 heterocycles. The molecule has 4 rings (SSSR count). The van der Waals surface area contributed by atoms with Gasteiger partial charge in [-0.05, 0) is 30.5 Å². The van der Waals surface area contributed by atoms with Gasteiger partial charge in [0.25, 0.3) is 0 Å². The third kappa shape index (κ3) is 3.77. The molecule has 0 atom stereocenters. The van der Waals surface area contributed by atoms with E-state index in [1.807, 2.05) is 0 Å². The van der Waals surface area contributed by atoms with Crippen molar-refractivity contribution in [3.05, 3.63) is 66.2 Å². The smallest absolute Gasteiger partial charge is 0.137 e. The molecule has 1 aliphatic rings. The lowest BCUT2D eigenvalue weighted by Gasteiger charge is -2.32. The molecule has 2 aromatic carbocycles. The van der Waals surface area contributed by atoms with Gasteiger partial charge >= 0.3 is 0 Å². The van der Waals surface area contributed by atoms with Gasteiger partial charge in [-0.3, -0.25) is 4.90 Å². The average molecular weight is 336 g/mol. The normalized spacial score (nSPS) is 16.2. The molecule has 0 aliphatic carbocycles. The van der Waals surface area contributed by atoms with Crippen LogP contribution in [0.3, 0.4) is 0 Å². The predicted octanol–water partition coefficient (Wildman–Crippen LogP) is 3.85. The number of hydrogen-bond donors (Lipinski definition) is 1. The highest BCUT2D eigenvalue weighted by Crippen LogP contribution is 2.23. The standard InChI is InChI=1S/C20H21FN4/c21-16-6-7-18-19(12-16)22-14-23-20(18)24-17-8-10-25(11-9-17)13-15-4-2-1-3-5-15/h1-7,12,14,17H,8-11,13H2,(H,22,23,24). The molecule has 0 amide bonds. The molecule has 1 aliphatic heterocycles. The first kappa shape index (κ1) is 16.0. The predicted molar refractivity (Wildman–Crippen MR) is 97.9 cm³/mol. The number of likely N-dealkylation sites (tertiary alicyclic amines) is 1. The van der Waals surface area contributed by atoms with Crippen LogP contribution in [-0.2, 0) is 6.54 Å². The fraction of sp³-hybridized carbons (Fsp3) is 0.300. The van der Waals surface area contributed by atoms with Crippen molar-refractivity contribution in [1.29, 1.82) is 0 Å². The molecular formula is C20H21FN4. The van der Waals surface area contributed by atoms with Crippen LogP contribution < -0.4 is 5.32 Å². The highest BCUT2D eigenvalue weighted by atomic mass is 19.1. The molecule has 0 unspecified atom stereocenters. The molecule has 1 N–H and O–H groups in total. The van der Waals surface area contributed by atoms with E-state index in [1.165, 1.54) is 24.0 Å². The van der Waals surface area contributed by atoms with E-state index in [1.54, 1.807) is 6.07 Å². The number of fused-ring (bicyclic) bond motifs is 1. The second-order valence-corrected chi connectivity index (χ2v) is 6.56. The second kappa shape index (κ2) is 7.15. The van der Waals surface area contributed by atoms with Gasteiger partial charge in [-0.15, -0.1) is 0 Å². The van der Waals surface area contributed by atoms with Crippen LogP contribution in [0, 0.1) is 5.82 Å². The van der Waals surface area contributed by atoms with Gasteiger partial charge < -0.3 is 5.32 Å². The summed E-state index contributed by atoms with van der Waals surface area (Å²) in [7, 11) is 0. The summed E-state index contributed by atoms with van der Waals surface area (Å²) in [6.07, 6.45) is 3.63. The van der Waals surface area contributed by atoms with Crippen molar-refractivity contribution >= 4 is 16.7 Å². The minimum Gasteiger partial charge on any atom is -0.367 e. The van der Waals surface area contributed by atoms with Crippen LogP contribution in [0.15, 0.2) is 54.9 Å². The van der Waals surface area contributed by atoms with Crippen LogP contribution in [-0.4, -0.2) is 34.0 Å². The Morgan fingerprint density at radius 1 is 1.04 bits per heavy atom. The van der Waals surface area contributed by atoms with Gasteiger partial charge in [0.15, 0.2) is 0 Å². The van der Waals surface area contributed by atoms with Gasteiger partial charge in [0.2, 0.25) is 0 Å². The van der Waals surface area contributed by atoms with E-state index in [4.69, 9.17) is 0 Å². The molecule has 0 spiro atoms. The van der Waals surface area contributed by atoms with Gasteiger partial charge in [0.1, 0.15) is 18.0 Å². The van der Waals surface area contributed by atoms with Crippen molar-refractivity contribution in [2.24, 2.45) is 0 Å². The largest absolute Gasteiger partial charge is 0.367 e. The average Bonchev–Trinajstić information content (AvgIpc) is 2.64. The highest BCUT2D eigenvalue weighted by molar-refractivity contribution is 5.88. The number of piperidine rings is 1. The lowest BCUT2D eigenvalue weighted by Crippen LogP contribution is -2.38. The molecular weight excluding hydrogens is 315 g/mol. The zero-order valence-electron chi connectivity index (χ0n) is 14.0. The number of nitrogens with one attached hydrogen (secondary N) is 1. The van der Waals surface area contributed by atoms with Crippen LogP contribution in [0.2, 0.25) is 0 Å². The van der Waals surface area contributed by atoms with Crippen molar-refractivity contribution in [3.63, 3.8) is 0 Å². The van der Waals surface area contributed by atoms with E-state index >= 15 is 0 Å². The van der Waals surface area contributed by atoms with Gasteiger partial charge in [-0.2, -0.15) is 0 Å².